The Labute approximate surface area is 184 Å². The third-order valence-corrected chi connectivity index (χ3v) is 5.63. The maximum atomic E-state index is 12.5. The first-order chi connectivity index (χ1) is 15.0. The highest BCUT2D eigenvalue weighted by Gasteiger charge is 2.23. The zero-order chi connectivity index (χ0) is 21.8. The SMILES string of the molecule is CCOc1ccc(C(=O)Nc2nc(-c3ccc4c(c3)C(NC(C)=O)CCO4)cs2)cc1. The van der Waals surface area contributed by atoms with Gasteiger partial charge in [-0.1, -0.05) is 0 Å². The van der Waals surface area contributed by atoms with Gasteiger partial charge in [0, 0.05) is 35.4 Å². The van der Waals surface area contributed by atoms with Gasteiger partial charge in [0.25, 0.3) is 5.91 Å². The summed E-state index contributed by atoms with van der Waals surface area (Å²) in [5, 5.41) is 8.23. The fraction of sp³-hybridized carbons (Fsp3) is 0.261. The minimum absolute atomic E-state index is 0.0730. The Bertz CT molecular complexity index is 1090. The first-order valence-electron chi connectivity index (χ1n) is 10.1. The number of anilines is 1. The van der Waals surface area contributed by atoms with Crippen molar-refractivity contribution in [2.24, 2.45) is 0 Å². The molecule has 2 heterocycles. The standard InChI is InChI=1S/C23H23N3O4S/c1-3-29-17-7-4-15(5-8-17)22(28)26-23-25-20(13-31-23)16-6-9-21-18(12-16)19(10-11-30-21)24-14(2)27/h4-9,12-13,19H,3,10-11H2,1-2H3,(H,24,27)(H,25,26,28). The molecule has 8 heteroatoms. The molecule has 0 saturated carbocycles. The van der Waals surface area contributed by atoms with E-state index >= 15 is 0 Å². The summed E-state index contributed by atoms with van der Waals surface area (Å²) in [4.78, 5) is 28.6. The van der Waals surface area contributed by atoms with E-state index in [4.69, 9.17) is 9.47 Å². The van der Waals surface area contributed by atoms with Gasteiger partial charge in [0.15, 0.2) is 5.13 Å². The number of hydrogen-bond acceptors (Lipinski definition) is 6. The van der Waals surface area contributed by atoms with Crippen LogP contribution in [0.25, 0.3) is 11.3 Å². The maximum Gasteiger partial charge on any atom is 0.257 e. The predicted octanol–water partition coefficient (Wildman–Crippen LogP) is 4.42. The summed E-state index contributed by atoms with van der Waals surface area (Å²) in [5.74, 6) is 1.20. The maximum absolute atomic E-state index is 12.5. The van der Waals surface area contributed by atoms with E-state index in [0.717, 1.165) is 34.7 Å². The molecule has 2 amide bonds. The second-order valence-corrected chi connectivity index (χ2v) is 7.95. The molecule has 2 N–H and O–H groups in total. The lowest BCUT2D eigenvalue weighted by atomic mass is 9.97. The van der Waals surface area contributed by atoms with E-state index in [1.54, 1.807) is 24.3 Å². The minimum atomic E-state index is -0.228. The van der Waals surface area contributed by atoms with Crippen LogP contribution in [0.15, 0.2) is 47.8 Å². The Kier molecular flexibility index (Phi) is 6.18. The summed E-state index contributed by atoms with van der Waals surface area (Å²) in [6.45, 7) is 4.57. The molecule has 7 nitrogen and oxygen atoms in total. The number of nitrogens with zero attached hydrogens (tertiary/aromatic N) is 1. The molecule has 0 aliphatic carbocycles. The van der Waals surface area contributed by atoms with Crippen molar-refractivity contribution in [2.75, 3.05) is 18.5 Å². The average molecular weight is 438 g/mol. The number of hydrogen-bond donors (Lipinski definition) is 2. The molecule has 2 aromatic carbocycles. The molecule has 1 atom stereocenters. The number of aromatic nitrogens is 1. The number of fused-ring (bicyclic) bond motifs is 1. The van der Waals surface area contributed by atoms with Crippen molar-refractivity contribution in [2.45, 2.75) is 26.3 Å². The van der Waals surface area contributed by atoms with E-state index in [2.05, 4.69) is 15.6 Å². The molecule has 0 fully saturated rings. The van der Waals surface area contributed by atoms with E-state index in [1.807, 2.05) is 30.5 Å². The van der Waals surface area contributed by atoms with Crippen molar-refractivity contribution in [3.8, 4) is 22.8 Å². The van der Waals surface area contributed by atoms with Crippen LogP contribution in [0, 0.1) is 0 Å². The fourth-order valence-electron chi connectivity index (χ4n) is 3.45. The van der Waals surface area contributed by atoms with Gasteiger partial charge in [-0.25, -0.2) is 4.98 Å². The van der Waals surface area contributed by atoms with Crippen LogP contribution in [0.2, 0.25) is 0 Å². The van der Waals surface area contributed by atoms with Crippen LogP contribution >= 0.6 is 11.3 Å². The first kappa shape index (κ1) is 20.9. The van der Waals surface area contributed by atoms with Crippen LogP contribution in [0.5, 0.6) is 11.5 Å². The molecule has 160 valence electrons. The van der Waals surface area contributed by atoms with Gasteiger partial charge in [0.1, 0.15) is 11.5 Å². The van der Waals surface area contributed by atoms with Crippen LogP contribution in [0.4, 0.5) is 5.13 Å². The lowest BCUT2D eigenvalue weighted by Crippen LogP contribution is -2.30. The Morgan fingerprint density at radius 2 is 2.03 bits per heavy atom. The summed E-state index contributed by atoms with van der Waals surface area (Å²) >= 11 is 1.36. The van der Waals surface area contributed by atoms with Crippen molar-refractivity contribution >= 4 is 28.3 Å². The molecule has 1 aliphatic rings. The van der Waals surface area contributed by atoms with Gasteiger partial charge in [-0.3, -0.25) is 14.9 Å². The van der Waals surface area contributed by atoms with Crippen LogP contribution in [-0.2, 0) is 4.79 Å². The number of amides is 2. The number of thiazole rings is 1. The van der Waals surface area contributed by atoms with Crippen molar-refractivity contribution < 1.29 is 19.1 Å². The zero-order valence-corrected chi connectivity index (χ0v) is 18.1. The topological polar surface area (TPSA) is 89.5 Å². The van der Waals surface area contributed by atoms with Crippen molar-refractivity contribution in [1.29, 1.82) is 0 Å². The lowest BCUT2D eigenvalue weighted by molar-refractivity contribution is -0.119. The third-order valence-electron chi connectivity index (χ3n) is 4.87. The third kappa shape index (κ3) is 4.86. The molecule has 0 saturated heterocycles. The molecule has 1 aromatic heterocycles. The van der Waals surface area contributed by atoms with Crippen molar-refractivity contribution in [3.63, 3.8) is 0 Å². The number of carbonyl (C=O) groups is 2. The van der Waals surface area contributed by atoms with Gasteiger partial charge < -0.3 is 14.8 Å². The molecule has 0 spiro atoms. The van der Waals surface area contributed by atoms with Gasteiger partial charge >= 0.3 is 0 Å². The monoisotopic (exact) mass is 437 g/mol. The molecular formula is C23H23N3O4S. The molecular weight excluding hydrogens is 414 g/mol. The van der Waals surface area contributed by atoms with Gasteiger partial charge in [-0.2, -0.15) is 0 Å². The van der Waals surface area contributed by atoms with Crippen LogP contribution < -0.4 is 20.1 Å². The molecule has 0 radical (unpaired) electrons. The summed E-state index contributed by atoms with van der Waals surface area (Å²) < 4.78 is 11.1. The van der Waals surface area contributed by atoms with Crippen LogP contribution in [0.1, 0.15) is 42.2 Å². The van der Waals surface area contributed by atoms with Gasteiger partial charge in [0.05, 0.1) is 24.9 Å². The summed E-state index contributed by atoms with van der Waals surface area (Å²) in [7, 11) is 0. The van der Waals surface area contributed by atoms with Gasteiger partial charge in [-0.05, 0) is 49.4 Å². The number of nitrogens with one attached hydrogen (secondary N) is 2. The first-order valence-corrected chi connectivity index (χ1v) is 11.0. The van der Waals surface area contributed by atoms with Crippen molar-refractivity contribution in [1.82, 2.24) is 10.3 Å². The Balaban J connectivity index is 1.50. The van der Waals surface area contributed by atoms with Crippen LogP contribution in [-0.4, -0.2) is 30.0 Å². The normalized spacial score (nSPS) is 14.8. The van der Waals surface area contributed by atoms with E-state index in [-0.39, 0.29) is 17.9 Å². The molecule has 3 aromatic rings. The van der Waals surface area contributed by atoms with E-state index in [9.17, 15) is 9.59 Å². The smallest absolute Gasteiger partial charge is 0.257 e. The highest BCUT2D eigenvalue weighted by atomic mass is 32.1. The molecule has 1 aliphatic heterocycles. The second kappa shape index (κ2) is 9.18. The Morgan fingerprint density at radius 1 is 1.23 bits per heavy atom. The summed E-state index contributed by atoms with van der Waals surface area (Å²) in [6, 6.07) is 12.7. The van der Waals surface area contributed by atoms with Crippen molar-refractivity contribution in [3.05, 3.63) is 59.0 Å². The van der Waals surface area contributed by atoms with E-state index < -0.39 is 0 Å². The molecule has 1 unspecified atom stereocenters. The Hall–Kier alpha value is -3.39. The van der Waals surface area contributed by atoms with E-state index in [1.165, 1.54) is 18.3 Å². The van der Waals surface area contributed by atoms with Gasteiger partial charge in [0.2, 0.25) is 5.91 Å². The lowest BCUT2D eigenvalue weighted by Gasteiger charge is -2.26. The fourth-order valence-corrected chi connectivity index (χ4v) is 4.17. The minimum Gasteiger partial charge on any atom is -0.494 e. The second-order valence-electron chi connectivity index (χ2n) is 7.09. The highest BCUT2D eigenvalue weighted by molar-refractivity contribution is 7.14. The average Bonchev–Trinajstić information content (AvgIpc) is 3.22. The van der Waals surface area contributed by atoms with Crippen LogP contribution in [0.3, 0.4) is 0 Å². The summed E-state index contributed by atoms with van der Waals surface area (Å²) in [6.07, 6.45) is 0.719. The number of rotatable bonds is 6. The highest BCUT2D eigenvalue weighted by Crippen LogP contribution is 2.36. The predicted molar refractivity (Wildman–Crippen MR) is 120 cm³/mol. The molecule has 4 rings (SSSR count). The Morgan fingerprint density at radius 3 is 2.77 bits per heavy atom. The summed E-state index contributed by atoms with van der Waals surface area (Å²) in [5.41, 5.74) is 3.12. The largest absolute Gasteiger partial charge is 0.494 e. The quantitative estimate of drug-likeness (QED) is 0.596. The molecule has 0 bridgehead atoms. The van der Waals surface area contributed by atoms with E-state index in [0.29, 0.717) is 23.9 Å². The van der Waals surface area contributed by atoms with Gasteiger partial charge in [-0.15, -0.1) is 11.3 Å². The number of carbonyl (C=O) groups excluding carboxylic acids is 2. The molecule has 31 heavy (non-hydrogen) atoms. The zero-order valence-electron chi connectivity index (χ0n) is 17.3. The number of benzene rings is 2. The number of ether oxygens (including phenoxy) is 2.